The second kappa shape index (κ2) is 6.48. The number of pyridine rings is 1. The fraction of sp³-hybridized carbons (Fsp3) is 0.105. The van der Waals surface area contributed by atoms with Crippen molar-refractivity contribution in [2.45, 2.75) is 13.5 Å². The zero-order valence-electron chi connectivity index (χ0n) is 14.3. The smallest absolute Gasteiger partial charge is 0.220 e. The first kappa shape index (κ1) is 16.6. The molecule has 0 saturated heterocycles. The molecule has 0 bridgehead atoms. The lowest BCUT2D eigenvalue weighted by Gasteiger charge is -2.07. The van der Waals surface area contributed by atoms with E-state index in [1.54, 1.807) is 6.20 Å². The highest BCUT2D eigenvalue weighted by Gasteiger charge is 2.18. The molecule has 1 aromatic carbocycles. The Morgan fingerprint density at radius 3 is 2.69 bits per heavy atom. The van der Waals surface area contributed by atoms with Crippen molar-refractivity contribution in [3.63, 3.8) is 0 Å². The Morgan fingerprint density at radius 2 is 1.96 bits per heavy atom. The van der Waals surface area contributed by atoms with E-state index < -0.39 is 0 Å². The van der Waals surface area contributed by atoms with Gasteiger partial charge in [0.15, 0.2) is 0 Å². The Labute approximate surface area is 153 Å². The van der Waals surface area contributed by atoms with Crippen LogP contribution in [0.1, 0.15) is 11.1 Å². The minimum Gasteiger partial charge on any atom is -0.368 e. The number of benzene rings is 1. The van der Waals surface area contributed by atoms with Crippen LogP contribution in [0.5, 0.6) is 0 Å². The number of aromatic nitrogens is 4. The molecule has 0 aliphatic heterocycles. The Kier molecular flexibility index (Phi) is 4.15. The standard InChI is InChI=1S/C19H19N6P/c1-11-8-13(2-3-15(11)26)17-18(14-4-6-22-19(21)23-14)25-7-5-12(10-20)9-16(25)24-17/h2-9H,10,20,26H2,1H3,(H2,21,22,23). The van der Waals surface area contributed by atoms with Crippen molar-refractivity contribution in [1.82, 2.24) is 19.4 Å². The lowest BCUT2D eigenvalue weighted by atomic mass is 10.1. The van der Waals surface area contributed by atoms with Crippen molar-refractivity contribution in [1.29, 1.82) is 0 Å². The van der Waals surface area contributed by atoms with Crippen molar-refractivity contribution in [2.75, 3.05) is 5.73 Å². The van der Waals surface area contributed by atoms with Gasteiger partial charge in [0.25, 0.3) is 0 Å². The molecule has 4 aromatic rings. The zero-order valence-corrected chi connectivity index (χ0v) is 15.5. The number of nitrogens with zero attached hydrogens (tertiary/aromatic N) is 4. The maximum Gasteiger partial charge on any atom is 0.220 e. The lowest BCUT2D eigenvalue weighted by molar-refractivity contribution is 1.05. The maximum absolute atomic E-state index is 5.82. The van der Waals surface area contributed by atoms with E-state index in [0.717, 1.165) is 39.2 Å². The van der Waals surface area contributed by atoms with Crippen LogP contribution >= 0.6 is 9.24 Å². The predicted molar refractivity (Wildman–Crippen MR) is 108 cm³/mol. The van der Waals surface area contributed by atoms with Gasteiger partial charge in [-0.05, 0) is 47.6 Å². The van der Waals surface area contributed by atoms with Crippen LogP contribution in [0.25, 0.3) is 28.3 Å². The molecular weight excluding hydrogens is 343 g/mol. The van der Waals surface area contributed by atoms with Gasteiger partial charge in [0.2, 0.25) is 5.95 Å². The summed E-state index contributed by atoms with van der Waals surface area (Å²) in [4.78, 5) is 13.3. The summed E-state index contributed by atoms with van der Waals surface area (Å²) in [5.41, 5.74) is 18.1. The van der Waals surface area contributed by atoms with Gasteiger partial charge in [-0.15, -0.1) is 9.24 Å². The average Bonchev–Trinajstić information content (AvgIpc) is 3.02. The fourth-order valence-electron chi connectivity index (χ4n) is 2.99. The van der Waals surface area contributed by atoms with Crippen LogP contribution in [-0.4, -0.2) is 19.4 Å². The fourth-order valence-corrected chi connectivity index (χ4v) is 3.17. The molecule has 7 heteroatoms. The van der Waals surface area contributed by atoms with Crippen LogP contribution in [0.4, 0.5) is 5.95 Å². The van der Waals surface area contributed by atoms with E-state index in [9.17, 15) is 0 Å². The van der Waals surface area contributed by atoms with Gasteiger partial charge in [-0.3, -0.25) is 4.40 Å². The Morgan fingerprint density at radius 1 is 1.12 bits per heavy atom. The van der Waals surface area contributed by atoms with Gasteiger partial charge < -0.3 is 11.5 Å². The number of rotatable bonds is 3. The number of imidazole rings is 1. The average molecular weight is 362 g/mol. The molecule has 4 rings (SSSR count). The predicted octanol–water partition coefficient (Wildman–Crippen LogP) is 2.31. The van der Waals surface area contributed by atoms with Crippen LogP contribution in [0.3, 0.4) is 0 Å². The number of nitrogen functional groups attached to an aromatic ring is 1. The minimum absolute atomic E-state index is 0.235. The van der Waals surface area contributed by atoms with E-state index in [1.807, 2.05) is 28.8 Å². The first-order valence-electron chi connectivity index (χ1n) is 8.23. The van der Waals surface area contributed by atoms with Crippen LogP contribution < -0.4 is 16.8 Å². The van der Waals surface area contributed by atoms with Gasteiger partial charge in [-0.1, -0.05) is 12.1 Å². The summed E-state index contributed by atoms with van der Waals surface area (Å²) in [6.07, 6.45) is 3.63. The molecule has 0 fully saturated rings. The van der Waals surface area contributed by atoms with Crippen LogP contribution in [0.2, 0.25) is 0 Å². The van der Waals surface area contributed by atoms with E-state index in [4.69, 9.17) is 16.5 Å². The van der Waals surface area contributed by atoms with Crippen molar-refractivity contribution in [2.24, 2.45) is 5.73 Å². The van der Waals surface area contributed by atoms with Gasteiger partial charge in [0.05, 0.1) is 17.1 Å². The van der Waals surface area contributed by atoms with E-state index in [-0.39, 0.29) is 5.95 Å². The summed E-state index contributed by atoms with van der Waals surface area (Å²) < 4.78 is 2.01. The molecule has 0 saturated carbocycles. The van der Waals surface area contributed by atoms with Gasteiger partial charge in [0.1, 0.15) is 5.65 Å². The molecule has 0 aliphatic carbocycles. The third kappa shape index (κ3) is 2.83. The second-order valence-corrected chi connectivity index (χ2v) is 6.77. The first-order chi connectivity index (χ1) is 12.6. The number of nitrogens with two attached hydrogens (primary N) is 2. The number of aryl methyl sites for hydroxylation is 1. The van der Waals surface area contributed by atoms with Gasteiger partial charge in [0, 0.05) is 24.5 Å². The van der Waals surface area contributed by atoms with Crippen LogP contribution in [0.15, 0.2) is 48.8 Å². The van der Waals surface area contributed by atoms with Crippen molar-refractivity contribution >= 4 is 26.1 Å². The summed E-state index contributed by atoms with van der Waals surface area (Å²) in [5, 5.41) is 1.16. The quantitative estimate of drug-likeness (QED) is 0.545. The molecule has 0 aliphatic rings. The zero-order chi connectivity index (χ0) is 18.3. The third-order valence-electron chi connectivity index (χ3n) is 4.39. The summed E-state index contributed by atoms with van der Waals surface area (Å²) >= 11 is 0. The number of hydrogen-bond donors (Lipinski definition) is 2. The minimum atomic E-state index is 0.235. The molecule has 6 nitrogen and oxygen atoms in total. The highest BCUT2D eigenvalue weighted by molar-refractivity contribution is 7.27. The molecule has 1 unspecified atom stereocenters. The molecule has 0 amide bonds. The molecule has 130 valence electrons. The summed E-state index contributed by atoms with van der Waals surface area (Å²) in [6, 6.07) is 12.1. The molecule has 1 atom stereocenters. The number of hydrogen-bond acceptors (Lipinski definition) is 5. The Balaban J connectivity index is 2.04. The number of fused-ring (bicyclic) bond motifs is 1. The number of anilines is 1. The van der Waals surface area contributed by atoms with Gasteiger partial charge in [-0.25, -0.2) is 15.0 Å². The molecule has 0 radical (unpaired) electrons. The molecular formula is C19H19N6P. The first-order valence-corrected chi connectivity index (χ1v) is 8.81. The Hall–Kier alpha value is -2.82. The lowest BCUT2D eigenvalue weighted by Crippen LogP contribution is -2.00. The molecule has 3 aromatic heterocycles. The third-order valence-corrected chi connectivity index (χ3v) is 5.03. The molecule has 3 heterocycles. The van der Waals surface area contributed by atoms with Crippen molar-refractivity contribution in [3.05, 3.63) is 59.9 Å². The monoisotopic (exact) mass is 362 g/mol. The molecule has 0 spiro atoms. The Bertz CT molecular complexity index is 1120. The van der Waals surface area contributed by atoms with Crippen LogP contribution in [-0.2, 0) is 6.54 Å². The summed E-state index contributed by atoms with van der Waals surface area (Å²) in [5.74, 6) is 0.235. The van der Waals surface area contributed by atoms with E-state index >= 15 is 0 Å². The molecule has 26 heavy (non-hydrogen) atoms. The largest absolute Gasteiger partial charge is 0.368 e. The summed E-state index contributed by atoms with van der Waals surface area (Å²) in [7, 11) is 2.74. The highest BCUT2D eigenvalue weighted by atomic mass is 31.0. The van der Waals surface area contributed by atoms with Crippen molar-refractivity contribution < 1.29 is 0 Å². The maximum atomic E-state index is 5.82. The molecule has 4 N–H and O–H groups in total. The second-order valence-electron chi connectivity index (χ2n) is 6.15. The van der Waals surface area contributed by atoms with E-state index in [2.05, 4.69) is 44.3 Å². The SMILES string of the molecule is Cc1cc(-c2nc3cc(CN)ccn3c2-c2ccnc(N)n2)ccc1P. The van der Waals surface area contributed by atoms with E-state index in [0.29, 0.717) is 6.54 Å². The highest BCUT2D eigenvalue weighted by Crippen LogP contribution is 2.32. The van der Waals surface area contributed by atoms with Crippen LogP contribution in [0, 0.1) is 6.92 Å². The van der Waals surface area contributed by atoms with Gasteiger partial charge >= 0.3 is 0 Å². The summed E-state index contributed by atoms with van der Waals surface area (Å²) in [6.45, 7) is 2.55. The van der Waals surface area contributed by atoms with Crippen molar-refractivity contribution in [3.8, 4) is 22.6 Å². The van der Waals surface area contributed by atoms with E-state index in [1.165, 1.54) is 5.56 Å². The van der Waals surface area contributed by atoms with Gasteiger partial charge in [-0.2, -0.15) is 0 Å². The normalized spacial score (nSPS) is 11.2. The topological polar surface area (TPSA) is 95.1 Å².